The lowest BCUT2D eigenvalue weighted by molar-refractivity contribution is 0.0994. The third kappa shape index (κ3) is 3.95. The van der Waals surface area contributed by atoms with Crippen molar-refractivity contribution in [1.82, 2.24) is 19.5 Å². The first kappa shape index (κ1) is 21.1. The molecule has 3 heterocycles. The summed E-state index contributed by atoms with van der Waals surface area (Å²) in [5.41, 5.74) is 9.07. The monoisotopic (exact) mass is 451 g/mol. The van der Waals surface area contributed by atoms with E-state index >= 15 is 0 Å². The number of aromatic nitrogens is 3. The highest BCUT2D eigenvalue weighted by atomic mass is 19.1. The van der Waals surface area contributed by atoms with Gasteiger partial charge in [-0.2, -0.15) is 5.10 Å². The Labute approximate surface area is 188 Å². The molecule has 1 saturated heterocycles. The van der Waals surface area contributed by atoms with Gasteiger partial charge in [0.1, 0.15) is 17.2 Å². The van der Waals surface area contributed by atoms with Crippen LogP contribution in [0.1, 0.15) is 34.8 Å². The molecular weight excluding hydrogens is 428 g/mol. The topological polar surface area (TPSA) is 88.7 Å². The molecule has 7 nitrogen and oxygen atoms in total. The molecule has 0 unspecified atom stereocenters. The molecular formula is C24H23F2N5O2. The molecule has 170 valence electrons. The van der Waals surface area contributed by atoms with Crippen molar-refractivity contribution in [2.24, 2.45) is 5.73 Å². The van der Waals surface area contributed by atoms with E-state index in [0.29, 0.717) is 22.9 Å². The maximum atomic E-state index is 13.9. The Morgan fingerprint density at radius 1 is 1.15 bits per heavy atom. The summed E-state index contributed by atoms with van der Waals surface area (Å²) in [7, 11) is 2.11. The van der Waals surface area contributed by atoms with Crippen LogP contribution < -0.4 is 10.5 Å². The second kappa shape index (κ2) is 8.32. The smallest absolute Gasteiger partial charge is 0.269 e. The molecule has 0 bridgehead atoms. The number of hydrogen-bond donors (Lipinski definition) is 2. The zero-order chi connectivity index (χ0) is 23.1. The number of amides is 1. The summed E-state index contributed by atoms with van der Waals surface area (Å²) in [6.07, 6.45) is 3.85. The fraction of sp³-hybridized carbons (Fsp3) is 0.250. The van der Waals surface area contributed by atoms with Crippen LogP contribution in [0.3, 0.4) is 0 Å². The van der Waals surface area contributed by atoms with Crippen LogP contribution in [0.25, 0.3) is 16.9 Å². The van der Waals surface area contributed by atoms with Gasteiger partial charge in [-0.25, -0.2) is 13.3 Å². The number of halogens is 2. The van der Waals surface area contributed by atoms with Crippen molar-refractivity contribution in [1.29, 1.82) is 0 Å². The van der Waals surface area contributed by atoms with Crippen molar-refractivity contribution in [3.05, 3.63) is 71.6 Å². The summed E-state index contributed by atoms with van der Waals surface area (Å²) >= 11 is 0. The molecule has 9 heteroatoms. The number of rotatable bonds is 5. The Morgan fingerprint density at radius 2 is 1.88 bits per heavy atom. The van der Waals surface area contributed by atoms with Gasteiger partial charge in [0, 0.05) is 17.2 Å². The average Bonchev–Trinajstić information content (AvgIpc) is 3.36. The fourth-order valence-corrected chi connectivity index (χ4v) is 4.37. The van der Waals surface area contributed by atoms with Gasteiger partial charge < -0.3 is 20.4 Å². The highest BCUT2D eigenvalue weighted by Crippen LogP contribution is 2.34. The molecule has 0 aliphatic carbocycles. The van der Waals surface area contributed by atoms with E-state index in [9.17, 15) is 13.6 Å². The maximum absolute atomic E-state index is 13.9. The lowest BCUT2D eigenvalue weighted by Gasteiger charge is -2.28. The summed E-state index contributed by atoms with van der Waals surface area (Å²) < 4.78 is 34.1. The molecule has 1 aliphatic heterocycles. The number of hydrogen-bond acceptors (Lipinski definition) is 4. The zero-order valence-corrected chi connectivity index (χ0v) is 18.0. The van der Waals surface area contributed by atoms with Crippen molar-refractivity contribution in [3.63, 3.8) is 0 Å². The SMILES string of the molecule is CN1CCC(c2cnn3c(C(N)=O)c(-c4ccc(Oc5ccc(F)cc5F)cc4)[nH]c23)CC1. The minimum atomic E-state index is -0.790. The molecule has 1 aliphatic rings. The number of aromatic amines is 1. The third-order valence-corrected chi connectivity index (χ3v) is 6.15. The number of H-pyrrole nitrogens is 1. The molecule has 0 atom stereocenters. The number of primary amides is 1. The van der Waals surface area contributed by atoms with Crippen LogP contribution in [0, 0.1) is 11.6 Å². The molecule has 1 fully saturated rings. The van der Waals surface area contributed by atoms with E-state index in [1.165, 1.54) is 6.07 Å². The predicted octanol–water partition coefficient (Wildman–Crippen LogP) is 4.31. The Bertz CT molecular complexity index is 1320. The first-order chi connectivity index (χ1) is 15.9. The molecule has 3 N–H and O–H groups in total. The first-order valence-corrected chi connectivity index (χ1v) is 10.7. The predicted molar refractivity (Wildman–Crippen MR) is 119 cm³/mol. The van der Waals surface area contributed by atoms with E-state index in [-0.39, 0.29) is 11.4 Å². The molecule has 4 aromatic rings. The summed E-state index contributed by atoms with van der Waals surface area (Å²) in [5.74, 6) is -1.42. The van der Waals surface area contributed by atoms with Crippen LogP contribution in [-0.4, -0.2) is 45.5 Å². The summed E-state index contributed by atoms with van der Waals surface area (Å²) in [6, 6.07) is 9.89. The number of nitrogens with zero attached hydrogens (tertiary/aromatic N) is 3. The summed E-state index contributed by atoms with van der Waals surface area (Å²) in [4.78, 5) is 18.0. The summed E-state index contributed by atoms with van der Waals surface area (Å²) in [6.45, 7) is 2.02. The van der Waals surface area contributed by atoms with Crippen LogP contribution in [0.5, 0.6) is 11.5 Å². The Morgan fingerprint density at radius 3 is 2.55 bits per heavy atom. The van der Waals surface area contributed by atoms with Gasteiger partial charge in [0.15, 0.2) is 17.3 Å². The Balaban J connectivity index is 1.47. The number of benzene rings is 2. The molecule has 2 aromatic carbocycles. The van der Waals surface area contributed by atoms with E-state index in [1.807, 2.05) is 6.20 Å². The van der Waals surface area contributed by atoms with Crippen molar-refractivity contribution < 1.29 is 18.3 Å². The van der Waals surface area contributed by atoms with Gasteiger partial charge in [0.05, 0.1) is 11.9 Å². The number of likely N-dealkylation sites (tertiary alicyclic amines) is 1. The average molecular weight is 451 g/mol. The molecule has 0 spiro atoms. The van der Waals surface area contributed by atoms with Gasteiger partial charge in [-0.05, 0) is 75.3 Å². The van der Waals surface area contributed by atoms with Gasteiger partial charge in [-0.15, -0.1) is 0 Å². The van der Waals surface area contributed by atoms with Gasteiger partial charge in [-0.1, -0.05) is 0 Å². The van der Waals surface area contributed by atoms with E-state index < -0.39 is 17.5 Å². The largest absolute Gasteiger partial charge is 0.454 e. The highest BCUT2D eigenvalue weighted by Gasteiger charge is 2.26. The molecule has 2 aromatic heterocycles. The molecule has 1 amide bonds. The van der Waals surface area contributed by atoms with Crippen LogP contribution in [0.15, 0.2) is 48.7 Å². The van der Waals surface area contributed by atoms with E-state index in [2.05, 4.69) is 22.0 Å². The van der Waals surface area contributed by atoms with Crippen LogP contribution in [0.2, 0.25) is 0 Å². The van der Waals surface area contributed by atoms with Gasteiger partial charge in [0.25, 0.3) is 5.91 Å². The number of imidazole rings is 1. The molecule has 0 radical (unpaired) electrons. The number of piperidine rings is 1. The number of ether oxygens (including phenoxy) is 1. The molecule has 5 rings (SSSR count). The van der Waals surface area contributed by atoms with Gasteiger partial charge >= 0.3 is 0 Å². The van der Waals surface area contributed by atoms with Crippen LogP contribution in [-0.2, 0) is 0 Å². The summed E-state index contributed by atoms with van der Waals surface area (Å²) in [5, 5.41) is 4.44. The quantitative estimate of drug-likeness (QED) is 0.473. The van der Waals surface area contributed by atoms with Crippen LogP contribution >= 0.6 is 0 Å². The standard InChI is InChI=1S/C24H23F2N5O2/c1-30-10-8-14(9-11-30)18-13-28-31-22(23(27)32)21(29-24(18)31)15-2-5-17(6-3-15)33-20-7-4-16(25)12-19(20)26/h2-7,12-14,29H,8-11H2,1H3,(H2,27,32). The van der Waals surface area contributed by atoms with Crippen molar-refractivity contribution in [3.8, 4) is 22.8 Å². The van der Waals surface area contributed by atoms with Crippen molar-refractivity contribution in [2.45, 2.75) is 18.8 Å². The van der Waals surface area contributed by atoms with Crippen molar-refractivity contribution >= 4 is 11.6 Å². The molecule has 33 heavy (non-hydrogen) atoms. The molecule has 0 saturated carbocycles. The maximum Gasteiger partial charge on any atom is 0.269 e. The van der Waals surface area contributed by atoms with Crippen molar-refractivity contribution in [2.75, 3.05) is 20.1 Å². The number of carbonyl (C=O) groups excluding carboxylic acids is 1. The second-order valence-electron chi connectivity index (χ2n) is 8.35. The van der Waals surface area contributed by atoms with E-state index in [4.69, 9.17) is 10.5 Å². The minimum absolute atomic E-state index is 0.0805. The zero-order valence-electron chi connectivity index (χ0n) is 18.0. The number of nitrogens with two attached hydrogens (primary N) is 1. The second-order valence-corrected chi connectivity index (χ2v) is 8.35. The lowest BCUT2D eigenvalue weighted by atomic mass is 9.91. The lowest BCUT2D eigenvalue weighted by Crippen LogP contribution is -2.29. The normalized spacial score (nSPS) is 15.2. The first-order valence-electron chi connectivity index (χ1n) is 10.7. The number of carbonyl (C=O) groups is 1. The highest BCUT2D eigenvalue weighted by molar-refractivity contribution is 5.98. The number of fused-ring (bicyclic) bond motifs is 1. The van der Waals surface area contributed by atoms with Gasteiger partial charge in [-0.3, -0.25) is 4.79 Å². The van der Waals surface area contributed by atoms with E-state index in [0.717, 1.165) is 49.3 Å². The minimum Gasteiger partial charge on any atom is -0.454 e. The Kier molecular flexibility index (Phi) is 5.33. The number of nitrogens with one attached hydrogen (secondary N) is 1. The van der Waals surface area contributed by atoms with Crippen LogP contribution in [0.4, 0.5) is 8.78 Å². The Hall–Kier alpha value is -3.72. The third-order valence-electron chi connectivity index (χ3n) is 6.15. The van der Waals surface area contributed by atoms with Gasteiger partial charge in [0.2, 0.25) is 0 Å². The van der Waals surface area contributed by atoms with E-state index in [1.54, 1.807) is 28.8 Å². The fourth-order valence-electron chi connectivity index (χ4n) is 4.37.